The van der Waals surface area contributed by atoms with Crippen molar-refractivity contribution in [1.82, 2.24) is 30.6 Å². The number of nitrogens with zero attached hydrogens (tertiary/aromatic N) is 4. The second kappa shape index (κ2) is 7.93. The number of H-pyrrole nitrogens is 1. The standard InChI is InChI=1S/C17H19BN6O5/c1-17(2,3)12(16-22-14(24-29-16)13-19-8-20-23-13)21-15(26)9-4-5-11(18(27)28)10(6-9)7-25/h4-8,12,27-28H,1-3H3,(H,21,26)(H,19,20,23). The van der Waals surface area contributed by atoms with E-state index >= 15 is 0 Å². The van der Waals surface area contributed by atoms with E-state index in [0.717, 1.165) is 0 Å². The number of aromatic nitrogens is 5. The maximum atomic E-state index is 12.8. The third-order valence-electron chi connectivity index (χ3n) is 4.21. The van der Waals surface area contributed by atoms with Crippen LogP contribution in [0.1, 0.15) is 53.4 Å². The fourth-order valence-corrected chi connectivity index (χ4v) is 2.68. The minimum Gasteiger partial charge on any atom is -0.423 e. The smallest absolute Gasteiger partial charge is 0.423 e. The number of benzene rings is 1. The summed E-state index contributed by atoms with van der Waals surface area (Å²) in [5.41, 5.74) is -0.307. The van der Waals surface area contributed by atoms with Crippen LogP contribution in [-0.2, 0) is 0 Å². The zero-order valence-electron chi connectivity index (χ0n) is 15.9. The first-order chi connectivity index (χ1) is 13.7. The number of aldehydes is 1. The lowest BCUT2D eigenvalue weighted by Crippen LogP contribution is -2.38. The van der Waals surface area contributed by atoms with Gasteiger partial charge in [-0.2, -0.15) is 10.1 Å². The highest BCUT2D eigenvalue weighted by atomic mass is 16.5. The van der Waals surface area contributed by atoms with Gasteiger partial charge < -0.3 is 19.9 Å². The molecule has 1 aromatic carbocycles. The first-order valence-electron chi connectivity index (χ1n) is 8.66. The van der Waals surface area contributed by atoms with Crippen molar-refractivity contribution < 1.29 is 24.2 Å². The molecular formula is C17H19BN6O5. The van der Waals surface area contributed by atoms with E-state index in [2.05, 4.69) is 30.6 Å². The molecule has 3 rings (SSSR count). The van der Waals surface area contributed by atoms with E-state index in [-0.39, 0.29) is 28.3 Å². The van der Waals surface area contributed by atoms with E-state index in [9.17, 15) is 19.6 Å². The van der Waals surface area contributed by atoms with E-state index in [0.29, 0.717) is 12.1 Å². The van der Waals surface area contributed by atoms with Crippen LogP contribution in [0.2, 0.25) is 0 Å². The van der Waals surface area contributed by atoms with Crippen LogP contribution in [0.25, 0.3) is 11.6 Å². The first kappa shape index (κ1) is 20.4. The summed E-state index contributed by atoms with van der Waals surface area (Å²) in [5, 5.41) is 31.7. The lowest BCUT2D eigenvalue weighted by Gasteiger charge is -2.28. The SMILES string of the molecule is CC(C)(C)C(NC(=O)c1ccc(B(O)O)c(C=O)c1)c1nc(-c2ncn[nH]2)no1. The highest BCUT2D eigenvalue weighted by Crippen LogP contribution is 2.32. The van der Waals surface area contributed by atoms with Gasteiger partial charge in [0.1, 0.15) is 18.7 Å². The third kappa shape index (κ3) is 4.38. The van der Waals surface area contributed by atoms with Crippen LogP contribution in [0.15, 0.2) is 29.0 Å². The van der Waals surface area contributed by atoms with Gasteiger partial charge in [0.15, 0.2) is 5.82 Å². The quantitative estimate of drug-likeness (QED) is 0.326. The van der Waals surface area contributed by atoms with Crippen LogP contribution < -0.4 is 10.8 Å². The second-order valence-corrected chi connectivity index (χ2v) is 7.40. The molecule has 12 heteroatoms. The van der Waals surface area contributed by atoms with Gasteiger partial charge in [0.2, 0.25) is 11.7 Å². The number of carbonyl (C=O) groups excluding carboxylic acids is 2. The fourth-order valence-electron chi connectivity index (χ4n) is 2.68. The van der Waals surface area contributed by atoms with Crippen molar-refractivity contribution in [3.05, 3.63) is 41.5 Å². The third-order valence-corrected chi connectivity index (χ3v) is 4.21. The average Bonchev–Trinajstić information content (AvgIpc) is 3.35. The van der Waals surface area contributed by atoms with E-state index in [1.54, 1.807) is 0 Å². The van der Waals surface area contributed by atoms with Crippen LogP contribution in [0, 0.1) is 5.41 Å². The molecule has 3 aromatic rings. The Morgan fingerprint density at radius 3 is 2.69 bits per heavy atom. The Morgan fingerprint density at radius 2 is 2.10 bits per heavy atom. The normalized spacial score (nSPS) is 12.4. The predicted octanol–water partition coefficient (Wildman–Crippen LogP) is -0.136. The van der Waals surface area contributed by atoms with Gasteiger partial charge in [-0.3, -0.25) is 14.7 Å². The lowest BCUT2D eigenvalue weighted by atomic mass is 9.76. The van der Waals surface area contributed by atoms with Crippen molar-refractivity contribution in [2.45, 2.75) is 26.8 Å². The van der Waals surface area contributed by atoms with Crippen molar-refractivity contribution in [1.29, 1.82) is 0 Å². The molecule has 1 amide bonds. The molecule has 2 aromatic heterocycles. The number of nitrogens with one attached hydrogen (secondary N) is 2. The Kier molecular flexibility index (Phi) is 5.57. The van der Waals surface area contributed by atoms with Crippen LogP contribution in [-0.4, -0.2) is 54.7 Å². The van der Waals surface area contributed by atoms with E-state index in [4.69, 9.17) is 4.52 Å². The van der Waals surface area contributed by atoms with Gasteiger partial charge in [0, 0.05) is 11.1 Å². The Labute approximate surface area is 165 Å². The maximum absolute atomic E-state index is 12.8. The molecule has 0 aliphatic carbocycles. The van der Waals surface area contributed by atoms with Gasteiger partial charge in [-0.05, 0) is 23.0 Å². The Hall–Kier alpha value is -3.38. The molecule has 2 heterocycles. The molecule has 150 valence electrons. The number of aromatic amines is 1. The number of amides is 1. The summed E-state index contributed by atoms with van der Waals surface area (Å²) in [4.78, 5) is 32.3. The Bertz CT molecular complexity index is 1010. The molecule has 1 atom stereocenters. The van der Waals surface area contributed by atoms with Gasteiger partial charge >= 0.3 is 7.12 Å². The summed E-state index contributed by atoms with van der Waals surface area (Å²) in [7, 11) is -1.82. The number of rotatable bonds is 6. The molecule has 0 spiro atoms. The van der Waals surface area contributed by atoms with Gasteiger partial charge in [0.05, 0.1) is 0 Å². The first-order valence-corrected chi connectivity index (χ1v) is 8.66. The topological polar surface area (TPSA) is 167 Å². The van der Waals surface area contributed by atoms with Crippen molar-refractivity contribution in [3.8, 4) is 11.6 Å². The van der Waals surface area contributed by atoms with Crippen LogP contribution >= 0.6 is 0 Å². The summed E-state index contributed by atoms with van der Waals surface area (Å²) >= 11 is 0. The zero-order valence-corrected chi connectivity index (χ0v) is 15.9. The summed E-state index contributed by atoms with van der Waals surface area (Å²) in [5.74, 6) is 0.208. The summed E-state index contributed by atoms with van der Waals surface area (Å²) in [6.45, 7) is 5.66. The van der Waals surface area contributed by atoms with Crippen molar-refractivity contribution in [3.63, 3.8) is 0 Å². The minimum absolute atomic E-state index is 0.00496. The highest BCUT2D eigenvalue weighted by Gasteiger charge is 2.33. The van der Waals surface area contributed by atoms with Gasteiger partial charge in [-0.25, -0.2) is 4.98 Å². The van der Waals surface area contributed by atoms with Gasteiger partial charge in [-0.15, -0.1) is 0 Å². The molecule has 1 unspecified atom stereocenters. The number of hydrogen-bond acceptors (Lipinski definition) is 9. The molecule has 0 saturated heterocycles. The maximum Gasteiger partial charge on any atom is 0.489 e. The molecule has 0 saturated carbocycles. The molecule has 0 radical (unpaired) electrons. The predicted molar refractivity (Wildman–Crippen MR) is 101 cm³/mol. The molecular weight excluding hydrogens is 379 g/mol. The van der Waals surface area contributed by atoms with Crippen molar-refractivity contribution in [2.75, 3.05) is 0 Å². The van der Waals surface area contributed by atoms with Crippen LogP contribution in [0.4, 0.5) is 0 Å². The molecule has 0 aliphatic heterocycles. The van der Waals surface area contributed by atoms with Crippen LogP contribution in [0.3, 0.4) is 0 Å². The fraction of sp³-hybridized carbons (Fsp3) is 0.294. The second-order valence-electron chi connectivity index (χ2n) is 7.40. The summed E-state index contributed by atoms with van der Waals surface area (Å²) < 4.78 is 5.32. The largest absolute Gasteiger partial charge is 0.489 e. The molecule has 29 heavy (non-hydrogen) atoms. The van der Waals surface area contributed by atoms with E-state index in [1.165, 1.54) is 24.5 Å². The van der Waals surface area contributed by atoms with E-state index in [1.807, 2.05) is 20.8 Å². The molecule has 11 nitrogen and oxygen atoms in total. The molecule has 4 N–H and O–H groups in total. The zero-order chi connectivity index (χ0) is 21.2. The molecule has 0 fully saturated rings. The minimum atomic E-state index is -1.82. The lowest BCUT2D eigenvalue weighted by molar-refractivity contribution is 0.0880. The Balaban J connectivity index is 1.88. The van der Waals surface area contributed by atoms with Gasteiger partial charge in [0.25, 0.3) is 5.91 Å². The summed E-state index contributed by atoms with van der Waals surface area (Å²) in [6, 6.07) is 3.33. The van der Waals surface area contributed by atoms with Crippen LogP contribution in [0.5, 0.6) is 0 Å². The molecule has 0 bridgehead atoms. The monoisotopic (exact) mass is 398 g/mol. The van der Waals surface area contributed by atoms with Gasteiger partial charge in [-0.1, -0.05) is 32.0 Å². The van der Waals surface area contributed by atoms with Crippen molar-refractivity contribution >= 4 is 24.8 Å². The number of carbonyl (C=O) groups is 2. The number of hydrogen-bond donors (Lipinski definition) is 4. The molecule has 0 aliphatic rings. The Morgan fingerprint density at radius 1 is 1.34 bits per heavy atom. The summed E-state index contributed by atoms with van der Waals surface area (Å²) in [6.07, 6.45) is 1.76. The van der Waals surface area contributed by atoms with E-state index < -0.39 is 24.5 Å². The average molecular weight is 398 g/mol. The highest BCUT2D eigenvalue weighted by molar-refractivity contribution is 6.60. The van der Waals surface area contributed by atoms with Crippen molar-refractivity contribution in [2.24, 2.45) is 5.41 Å².